The minimum absolute atomic E-state index is 0.332. The Morgan fingerprint density at radius 1 is 1.23 bits per heavy atom. The molecular formula is C19H24N6O. The van der Waals surface area contributed by atoms with Crippen LogP contribution in [-0.4, -0.2) is 56.1 Å². The normalized spacial score (nSPS) is 17.2. The molecule has 0 bridgehead atoms. The van der Waals surface area contributed by atoms with Crippen LogP contribution in [0.4, 0.5) is 5.82 Å². The summed E-state index contributed by atoms with van der Waals surface area (Å²) < 4.78 is 0. The molecule has 1 aliphatic heterocycles. The summed E-state index contributed by atoms with van der Waals surface area (Å²) in [4.78, 5) is 20.5. The van der Waals surface area contributed by atoms with Crippen LogP contribution < -0.4 is 4.90 Å². The van der Waals surface area contributed by atoms with Crippen molar-refractivity contribution in [2.45, 2.75) is 32.0 Å². The summed E-state index contributed by atoms with van der Waals surface area (Å²) in [6.07, 6.45) is 8.39. The van der Waals surface area contributed by atoms with Crippen molar-refractivity contribution in [3.8, 4) is 0 Å². The van der Waals surface area contributed by atoms with Gasteiger partial charge in [-0.3, -0.25) is 9.88 Å². The first-order valence-electron chi connectivity index (χ1n) is 8.98. The average Bonchev–Trinajstić information content (AvgIpc) is 3.09. The standard InChI is InChI=1S/C19H24N6O/c1-13-11-21-17-16(13)18(23-12-22-17)25-9-5-15(6-10-25)24(2)19(26)14-3-7-20-8-4-14/h3-4,7-8,11-12,15,19,26H,5-6,9-10H2,1-2H3,(H,21,22,23). The average molecular weight is 352 g/mol. The number of piperidine rings is 1. The molecule has 0 aliphatic carbocycles. The lowest BCUT2D eigenvalue weighted by atomic mass is 10.0. The third-order valence-electron chi connectivity index (χ3n) is 5.38. The quantitative estimate of drug-likeness (QED) is 0.701. The van der Waals surface area contributed by atoms with E-state index in [1.807, 2.05) is 25.4 Å². The molecule has 7 heteroatoms. The number of H-pyrrole nitrogens is 1. The van der Waals surface area contributed by atoms with Crippen LogP contribution >= 0.6 is 0 Å². The lowest BCUT2D eigenvalue weighted by Gasteiger charge is -2.39. The molecule has 3 aromatic rings. The van der Waals surface area contributed by atoms with E-state index in [-0.39, 0.29) is 0 Å². The molecule has 1 atom stereocenters. The van der Waals surface area contributed by atoms with Crippen molar-refractivity contribution >= 4 is 16.9 Å². The lowest BCUT2D eigenvalue weighted by molar-refractivity contribution is -0.0145. The van der Waals surface area contributed by atoms with E-state index in [9.17, 15) is 5.11 Å². The molecule has 1 saturated heterocycles. The van der Waals surface area contributed by atoms with Crippen molar-refractivity contribution in [1.82, 2.24) is 24.8 Å². The number of rotatable bonds is 4. The number of aromatic nitrogens is 4. The summed E-state index contributed by atoms with van der Waals surface area (Å²) in [5.41, 5.74) is 2.94. The maximum absolute atomic E-state index is 10.6. The molecule has 4 rings (SSSR count). The van der Waals surface area contributed by atoms with Crippen LogP contribution in [0.1, 0.15) is 30.2 Å². The van der Waals surface area contributed by atoms with Crippen molar-refractivity contribution in [2.75, 3.05) is 25.0 Å². The second kappa shape index (κ2) is 7.01. The first-order chi connectivity index (χ1) is 12.6. The Morgan fingerprint density at radius 2 is 1.96 bits per heavy atom. The first-order valence-corrected chi connectivity index (χ1v) is 8.98. The largest absolute Gasteiger partial charge is 0.374 e. The van der Waals surface area contributed by atoms with E-state index in [4.69, 9.17) is 0 Å². The number of pyridine rings is 1. The molecule has 1 fully saturated rings. The Balaban J connectivity index is 1.46. The fraction of sp³-hybridized carbons (Fsp3) is 0.421. The number of nitrogens with zero attached hydrogens (tertiary/aromatic N) is 5. The van der Waals surface area contributed by atoms with Crippen molar-refractivity contribution in [1.29, 1.82) is 0 Å². The lowest BCUT2D eigenvalue weighted by Crippen LogP contribution is -2.45. The molecule has 1 aliphatic rings. The number of aryl methyl sites for hydroxylation is 1. The fourth-order valence-electron chi connectivity index (χ4n) is 3.79. The van der Waals surface area contributed by atoms with Crippen LogP contribution in [0.15, 0.2) is 37.1 Å². The van der Waals surface area contributed by atoms with Crippen LogP contribution in [0.25, 0.3) is 11.0 Å². The number of aliphatic hydroxyl groups excluding tert-OH is 1. The molecule has 4 heterocycles. The highest BCUT2D eigenvalue weighted by Crippen LogP contribution is 2.30. The van der Waals surface area contributed by atoms with E-state index in [1.54, 1.807) is 18.7 Å². The minimum atomic E-state index is -0.604. The number of aliphatic hydroxyl groups is 1. The van der Waals surface area contributed by atoms with Gasteiger partial charge in [-0.2, -0.15) is 0 Å². The van der Waals surface area contributed by atoms with Gasteiger partial charge in [-0.05, 0) is 50.1 Å². The van der Waals surface area contributed by atoms with Crippen LogP contribution in [0.3, 0.4) is 0 Å². The van der Waals surface area contributed by atoms with Gasteiger partial charge in [0.15, 0.2) is 0 Å². The van der Waals surface area contributed by atoms with E-state index in [0.29, 0.717) is 6.04 Å². The molecule has 1 unspecified atom stereocenters. The molecule has 7 nitrogen and oxygen atoms in total. The van der Waals surface area contributed by atoms with Gasteiger partial charge in [0.05, 0.1) is 5.39 Å². The van der Waals surface area contributed by atoms with Crippen LogP contribution in [-0.2, 0) is 0 Å². The summed E-state index contributed by atoms with van der Waals surface area (Å²) in [6, 6.07) is 4.06. The summed E-state index contributed by atoms with van der Waals surface area (Å²) in [6.45, 7) is 3.90. The van der Waals surface area contributed by atoms with Gasteiger partial charge in [0.1, 0.15) is 24.0 Å². The van der Waals surface area contributed by atoms with Gasteiger partial charge >= 0.3 is 0 Å². The zero-order chi connectivity index (χ0) is 18.1. The van der Waals surface area contributed by atoms with Crippen molar-refractivity contribution in [3.05, 3.63) is 48.2 Å². The number of aromatic amines is 1. The number of hydrogen-bond acceptors (Lipinski definition) is 6. The maximum Gasteiger partial charge on any atom is 0.143 e. The predicted octanol–water partition coefficient (Wildman–Crippen LogP) is 2.25. The smallest absolute Gasteiger partial charge is 0.143 e. The van der Waals surface area contributed by atoms with Crippen LogP contribution in [0.5, 0.6) is 0 Å². The van der Waals surface area contributed by atoms with E-state index in [0.717, 1.165) is 48.3 Å². The Bertz CT molecular complexity index is 872. The summed E-state index contributed by atoms with van der Waals surface area (Å²) in [7, 11) is 1.99. The number of nitrogens with one attached hydrogen (secondary N) is 1. The summed E-state index contributed by atoms with van der Waals surface area (Å²) in [5.74, 6) is 1.00. The number of fused-ring (bicyclic) bond motifs is 1. The highest BCUT2D eigenvalue weighted by atomic mass is 16.3. The Hall–Kier alpha value is -2.51. The molecule has 2 N–H and O–H groups in total. The zero-order valence-electron chi connectivity index (χ0n) is 15.1. The van der Waals surface area contributed by atoms with E-state index in [1.165, 1.54) is 5.56 Å². The highest BCUT2D eigenvalue weighted by Gasteiger charge is 2.28. The molecule has 0 spiro atoms. The molecule has 0 radical (unpaired) electrons. The Labute approximate surface area is 152 Å². The molecular weight excluding hydrogens is 328 g/mol. The molecule has 0 saturated carbocycles. The number of hydrogen-bond donors (Lipinski definition) is 2. The predicted molar refractivity (Wildman–Crippen MR) is 101 cm³/mol. The van der Waals surface area contributed by atoms with Crippen molar-refractivity contribution < 1.29 is 5.11 Å². The van der Waals surface area contributed by atoms with Gasteiger partial charge < -0.3 is 15.0 Å². The molecule has 26 heavy (non-hydrogen) atoms. The second-order valence-electron chi connectivity index (χ2n) is 6.93. The monoisotopic (exact) mass is 352 g/mol. The Morgan fingerprint density at radius 3 is 2.69 bits per heavy atom. The molecule has 0 aromatic carbocycles. The molecule has 136 valence electrons. The molecule has 0 amide bonds. The van der Waals surface area contributed by atoms with Crippen LogP contribution in [0, 0.1) is 6.92 Å². The maximum atomic E-state index is 10.6. The summed E-state index contributed by atoms with van der Waals surface area (Å²) in [5, 5.41) is 11.7. The van der Waals surface area contributed by atoms with E-state index < -0.39 is 6.23 Å². The SMILES string of the molecule is Cc1c[nH]c2ncnc(N3CCC(N(C)C(O)c4ccncc4)CC3)c12. The minimum Gasteiger partial charge on any atom is -0.374 e. The van der Waals surface area contributed by atoms with E-state index in [2.05, 4.69) is 36.7 Å². The third kappa shape index (κ3) is 3.04. The second-order valence-corrected chi connectivity index (χ2v) is 6.93. The highest BCUT2D eigenvalue weighted by molar-refractivity contribution is 5.90. The van der Waals surface area contributed by atoms with Gasteiger partial charge in [0.2, 0.25) is 0 Å². The van der Waals surface area contributed by atoms with Gasteiger partial charge in [-0.15, -0.1) is 0 Å². The molecule has 3 aromatic heterocycles. The first kappa shape index (κ1) is 16.9. The zero-order valence-corrected chi connectivity index (χ0v) is 15.1. The third-order valence-corrected chi connectivity index (χ3v) is 5.38. The van der Waals surface area contributed by atoms with E-state index >= 15 is 0 Å². The van der Waals surface area contributed by atoms with Gasteiger partial charge in [0, 0.05) is 37.7 Å². The summed E-state index contributed by atoms with van der Waals surface area (Å²) >= 11 is 0. The Kier molecular flexibility index (Phi) is 4.57. The van der Waals surface area contributed by atoms with Gasteiger partial charge in [-0.1, -0.05) is 0 Å². The van der Waals surface area contributed by atoms with Crippen molar-refractivity contribution in [3.63, 3.8) is 0 Å². The fourth-order valence-corrected chi connectivity index (χ4v) is 3.79. The van der Waals surface area contributed by atoms with Crippen LogP contribution in [0.2, 0.25) is 0 Å². The topological polar surface area (TPSA) is 81.2 Å². The van der Waals surface area contributed by atoms with Gasteiger partial charge in [0.25, 0.3) is 0 Å². The van der Waals surface area contributed by atoms with Gasteiger partial charge in [-0.25, -0.2) is 9.97 Å². The van der Waals surface area contributed by atoms with Crippen molar-refractivity contribution in [2.24, 2.45) is 0 Å². The number of anilines is 1.